The lowest BCUT2D eigenvalue weighted by Gasteiger charge is -2.12. The van der Waals surface area contributed by atoms with E-state index >= 15 is 0 Å². The summed E-state index contributed by atoms with van der Waals surface area (Å²) in [6, 6.07) is 11.0. The molecule has 0 aliphatic rings. The highest BCUT2D eigenvalue weighted by Gasteiger charge is 2.33. The molecule has 0 aliphatic carbocycles. The monoisotopic (exact) mass is 239 g/mol. The van der Waals surface area contributed by atoms with E-state index < -0.39 is 17.6 Å². The zero-order valence-corrected chi connectivity index (χ0v) is 8.55. The Morgan fingerprint density at radius 2 is 1.59 bits per heavy atom. The zero-order chi connectivity index (χ0) is 12.5. The van der Waals surface area contributed by atoms with E-state index in [0.29, 0.717) is 5.56 Å². The van der Waals surface area contributed by atoms with Crippen LogP contribution in [-0.2, 0) is 6.18 Å². The van der Waals surface area contributed by atoms with Crippen LogP contribution < -0.4 is 0 Å². The molecule has 17 heavy (non-hydrogen) atoms. The highest BCUT2D eigenvalue weighted by molar-refractivity contribution is 5.67. The van der Waals surface area contributed by atoms with Crippen LogP contribution in [0.25, 0.3) is 11.1 Å². The van der Waals surface area contributed by atoms with Crippen molar-refractivity contribution in [1.82, 2.24) is 0 Å². The van der Waals surface area contributed by atoms with Gasteiger partial charge in [-0.1, -0.05) is 24.3 Å². The highest BCUT2D eigenvalue weighted by atomic mass is 19.4. The Balaban J connectivity index is 2.56. The third-order valence-electron chi connectivity index (χ3n) is 2.29. The molecule has 0 heterocycles. The van der Waals surface area contributed by atoms with Gasteiger partial charge in [-0.05, 0) is 29.8 Å². The van der Waals surface area contributed by atoms with Crippen molar-refractivity contribution in [2.45, 2.75) is 6.18 Å². The fourth-order valence-electron chi connectivity index (χ4n) is 1.53. The van der Waals surface area contributed by atoms with Gasteiger partial charge in [-0.2, -0.15) is 13.2 Å². The van der Waals surface area contributed by atoms with Crippen molar-refractivity contribution in [3.63, 3.8) is 0 Å². The molecule has 0 N–H and O–H groups in total. The first-order valence-electron chi connectivity index (χ1n) is 4.82. The molecule has 0 amide bonds. The molecule has 0 saturated heterocycles. The van der Waals surface area contributed by atoms with Gasteiger partial charge in [0.1, 0.15) is 5.82 Å². The second-order valence-corrected chi connectivity index (χ2v) is 3.46. The van der Waals surface area contributed by atoms with Crippen molar-refractivity contribution < 1.29 is 17.6 Å². The SMILES string of the molecule is Fc1ccc(-c2[c]cccc2C(F)(F)F)cc1. The maximum absolute atomic E-state index is 12.7. The lowest BCUT2D eigenvalue weighted by molar-refractivity contribution is -0.137. The van der Waals surface area contributed by atoms with E-state index in [2.05, 4.69) is 6.07 Å². The van der Waals surface area contributed by atoms with Crippen LogP contribution >= 0.6 is 0 Å². The average Bonchev–Trinajstić information content (AvgIpc) is 2.29. The molecule has 0 saturated carbocycles. The summed E-state index contributed by atoms with van der Waals surface area (Å²) in [5.41, 5.74) is -0.550. The van der Waals surface area contributed by atoms with Crippen LogP contribution in [0.5, 0.6) is 0 Å². The second kappa shape index (κ2) is 4.20. The molecule has 1 radical (unpaired) electrons. The molecule has 0 unspecified atom stereocenters. The maximum atomic E-state index is 12.7. The molecule has 0 spiro atoms. The molecule has 87 valence electrons. The average molecular weight is 239 g/mol. The second-order valence-electron chi connectivity index (χ2n) is 3.46. The van der Waals surface area contributed by atoms with E-state index in [1.54, 1.807) is 0 Å². The molecule has 2 aromatic carbocycles. The molecule has 0 aromatic heterocycles. The molecule has 0 atom stereocenters. The number of hydrogen-bond acceptors (Lipinski definition) is 0. The van der Waals surface area contributed by atoms with Gasteiger partial charge in [0.2, 0.25) is 0 Å². The summed E-state index contributed by atoms with van der Waals surface area (Å²) in [4.78, 5) is 0. The molecule has 2 aromatic rings. The summed E-state index contributed by atoms with van der Waals surface area (Å²) in [7, 11) is 0. The van der Waals surface area contributed by atoms with Crippen LogP contribution in [0, 0.1) is 11.9 Å². The number of halogens is 4. The Bertz CT molecular complexity index is 512. The van der Waals surface area contributed by atoms with Crippen LogP contribution in [0.1, 0.15) is 5.56 Å². The van der Waals surface area contributed by atoms with E-state index in [-0.39, 0.29) is 5.56 Å². The van der Waals surface area contributed by atoms with Crippen LogP contribution in [-0.4, -0.2) is 0 Å². The molecule has 0 bridgehead atoms. The summed E-state index contributed by atoms with van der Waals surface area (Å²) >= 11 is 0. The quantitative estimate of drug-likeness (QED) is 0.650. The minimum Gasteiger partial charge on any atom is -0.207 e. The smallest absolute Gasteiger partial charge is 0.207 e. The number of hydrogen-bond donors (Lipinski definition) is 0. The summed E-state index contributed by atoms with van der Waals surface area (Å²) < 4.78 is 50.9. The Hall–Kier alpha value is -1.84. The third kappa shape index (κ3) is 2.46. The minimum atomic E-state index is -4.44. The maximum Gasteiger partial charge on any atom is 0.417 e. The van der Waals surface area contributed by atoms with E-state index in [4.69, 9.17) is 0 Å². The number of benzene rings is 2. The number of alkyl halides is 3. The van der Waals surface area contributed by atoms with Gasteiger partial charge in [0.25, 0.3) is 0 Å². The van der Waals surface area contributed by atoms with Crippen LogP contribution in [0.2, 0.25) is 0 Å². The Morgan fingerprint density at radius 1 is 0.941 bits per heavy atom. The van der Waals surface area contributed by atoms with Gasteiger partial charge in [0.15, 0.2) is 0 Å². The van der Waals surface area contributed by atoms with E-state index in [1.165, 1.54) is 24.3 Å². The Kier molecular flexibility index (Phi) is 2.88. The Labute approximate surface area is 95.5 Å². The van der Waals surface area contributed by atoms with Crippen molar-refractivity contribution in [1.29, 1.82) is 0 Å². The first-order chi connectivity index (χ1) is 7.98. The molecular weight excluding hydrogens is 232 g/mol. The van der Waals surface area contributed by atoms with Crippen molar-refractivity contribution in [3.05, 3.63) is 59.9 Å². The standard InChI is InChI=1S/C13H7F4/c14-10-7-5-9(6-8-10)11-3-1-2-4-12(11)13(15,16)17/h1-2,4-8H. The van der Waals surface area contributed by atoms with Crippen molar-refractivity contribution >= 4 is 0 Å². The molecule has 0 nitrogen and oxygen atoms in total. The summed E-state index contributed by atoms with van der Waals surface area (Å²) in [6.45, 7) is 0. The van der Waals surface area contributed by atoms with Crippen LogP contribution in [0.3, 0.4) is 0 Å². The van der Waals surface area contributed by atoms with E-state index in [0.717, 1.165) is 18.2 Å². The van der Waals surface area contributed by atoms with Gasteiger partial charge in [0, 0.05) is 5.56 Å². The third-order valence-corrected chi connectivity index (χ3v) is 2.29. The van der Waals surface area contributed by atoms with Gasteiger partial charge in [-0.25, -0.2) is 4.39 Å². The molecule has 0 aliphatic heterocycles. The summed E-state index contributed by atoms with van der Waals surface area (Å²) in [5.74, 6) is -0.488. The fourth-order valence-corrected chi connectivity index (χ4v) is 1.53. The highest BCUT2D eigenvalue weighted by Crippen LogP contribution is 2.36. The van der Waals surface area contributed by atoms with E-state index in [9.17, 15) is 17.6 Å². The minimum absolute atomic E-state index is 0.0694. The summed E-state index contributed by atoms with van der Waals surface area (Å²) in [5, 5.41) is 0. The molecule has 0 fully saturated rings. The zero-order valence-electron chi connectivity index (χ0n) is 8.55. The predicted molar refractivity (Wildman–Crippen MR) is 55.7 cm³/mol. The van der Waals surface area contributed by atoms with Gasteiger partial charge in [-0.3, -0.25) is 0 Å². The molecule has 2 rings (SSSR count). The van der Waals surface area contributed by atoms with Gasteiger partial charge in [0.05, 0.1) is 5.56 Å². The largest absolute Gasteiger partial charge is 0.417 e. The van der Waals surface area contributed by atoms with Gasteiger partial charge < -0.3 is 0 Å². The van der Waals surface area contributed by atoms with Crippen molar-refractivity contribution in [2.24, 2.45) is 0 Å². The van der Waals surface area contributed by atoms with E-state index in [1.807, 2.05) is 0 Å². The predicted octanol–water partition coefficient (Wildman–Crippen LogP) is 4.31. The first-order valence-corrected chi connectivity index (χ1v) is 4.82. The van der Waals surface area contributed by atoms with Gasteiger partial charge >= 0.3 is 6.18 Å². The normalized spacial score (nSPS) is 11.5. The Morgan fingerprint density at radius 3 is 2.18 bits per heavy atom. The molecular formula is C13H7F4. The molecule has 4 heteroatoms. The first kappa shape index (κ1) is 11.6. The van der Waals surface area contributed by atoms with Crippen molar-refractivity contribution in [3.8, 4) is 11.1 Å². The summed E-state index contributed by atoms with van der Waals surface area (Å²) in [6.07, 6.45) is -4.44. The van der Waals surface area contributed by atoms with Gasteiger partial charge in [-0.15, -0.1) is 0 Å². The lowest BCUT2D eigenvalue weighted by Crippen LogP contribution is -2.06. The van der Waals surface area contributed by atoms with Crippen LogP contribution in [0.4, 0.5) is 17.6 Å². The van der Waals surface area contributed by atoms with Crippen molar-refractivity contribution in [2.75, 3.05) is 0 Å². The topological polar surface area (TPSA) is 0 Å². The lowest BCUT2D eigenvalue weighted by atomic mass is 9.99. The van der Waals surface area contributed by atoms with Crippen LogP contribution in [0.15, 0.2) is 42.5 Å². The number of rotatable bonds is 1. The fraction of sp³-hybridized carbons (Fsp3) is 0.0769.